The summed E-state index contributed by atoms with van der Waals surface area (Å²) in [6.45, 7) is 1.50. The molecule has 110 valence electrons. The van der Waals surface area contributed by atoms with Crippen molar-refractivity contribution in [2.75, 3.05) is 24.6 Å². The molecule has 1 heterocycles. The monoisotopic (exact) mass is 284 g/mol. The molecule has 1 amide bonds. The van der Waals surface area contributed by atoms with Gasteiger partial charge in [0.15, 0.2) is 0 Å². The molecule has 0 atom stereocenters. The van der Waals surface area contributed by atoms with Crippen LogP contribution in [0.2, 0.25) is 0 Å². The van der Waals surface area contributed by atoms with Gasteiger partial charge in [-0.1, -0.05) is 0 Å². The van der Waals surface area contributed by atoms with Gasteiger partial charge in [-0.15, -0.1) is 0 Å². The number of nitrogen functional groups attached to an aromatic ring is 1. The Balaban J connectivity index is 1.74. The Hall–Kier alpha value is -2.40. The molecule has 0 saturated carbocycles. The van der Waals surface area contributed by atoms with Gasteiger partial charge in [0.1, 0.15) is 0 Å². The fourth-order valence-corrected chi connectivity index (χ4v) is 1.96. The van der Waals surface area contributed by atoms with Crippen LogP contribution in [0.25, 0.3) is 0 Å². The first-order valence-corrected chi connectivity index (χ1v) is 6.86. The highest BCUT2D eigenvalue weighted by Gasteiger charge is 2.06. The maximum atomic E-state index is 11.9. The molecule has 5 heteroatoms. The summed E-state index contributed by atoms with van der Waals surface area (Å²) in [6.07, 6.45) is 4.00. The average molecular weight is 284 g/mol. The van der Waals surface area contributed by atoms with Crippen molar-refractivity contribution in [1.82, 2.24) is 9.88 Å². The van der Waals surface area contributed by atoms with E-state index in [0.717, 1.165) is 12.2 Å². The zero-order chi connectivity index (χ0) is 15.1. The Bertz CT molecular complexity index is 569. The molecular formula is C16H20N4O. The van der Waals surface area contributed by atoms with Gasteiger partial charge >= 0.3 is 0 Å². The highest BCUT2D eigenvalue weighted by molar-refractivity contribution is 5.90. The number of anilines is 2. The molecule has 0 fully saturated rings. The molecule has 0 spiro atoms. The van der Waals surface area contributed by atoms with Crippen LogP contribution >= 0.6 is 0 Å². The van der Waals surface area contributed by atoms with Crippen molar-refractivity contribution in [3.63, 3.8) is 0 Å². The van der Waals surface area contributed by atoms with E-state index < -0.39 is 0 Å². The van der Waals surface area contributed by atoms with Crippen LogP contribution < -0.4 is 11.1 Å². The molecule has 21 heavy (non-hydrogen) atoms. The van der Waals surface area contributed by atoms with Crippen LogP contribution in [0.5, 0.6) is 0 Å². The van der Waals surface area contributed by atoms with Crippen LogP contribution in [0.15, 0.2) is 48.8 Å². The quantitative estimate of drug-likeness (QED) is 0.797. The molecule has 5 nitrogen and oxygen atoms in total. The Morgan fingerprint density at radius 1 is 1.19 bits per heavy atom. The highest BCUT2D eigenvalue weighted by Crippen LogP contribution is 2.11. The number of carbonyl (C=O) groups is 1. The van der Waals surface area contributed by atoms with Gasteiger partial charge < -0.3 is 16.0 Å². The van der Waals surface area contributed by atoms with Crippen LogP contribution in [-0.2, 0) is 11.3 Å². The Kier molecular flexibility index (Phi) is 5.29. The third-order valence-corrected chi connectivity index (χ3v) is 3.12. The summed E-state index contributed by atoms with van der Waals surface area (Å²) in [5.74, 6) is 0.00125. The number of amides is 1. The second-order valence-electron chi connectivity index (χ2n) is 5.01. The van der Waals surface area contributed by atoms with Crippen LogP contribution in [0.4, 0.5) is 11.4 Å². The molecule has 0 aliphatic carbocycles. The standard InChI is InChI=1S/C16H20N4O/c1-20(12-13-6-9-18-10-7-13)11-8-16(21)19-15-4-2-14(17)3-5-15/h2-7,9-10H,8,11-12,17H2,1H3,(H,19,21). The average Bonchev–Trinajstić information content (AvgIpc) is 2.49. The normalized spacial score (nSPS) is 10.6. The lowest BCUT2D eigenvalue weighted by Gasteiger charge is -2.16. The number of benzene rings is 1. The number of hydrogen-bond acceptors (Lipinski definition) is 4. The molecule has 0 radical (unpaired) electrons. The first kappa shape index (κ1) is 15.0. The van der Waals surface area contributed by atoms with Gasteiger partial charge in [-0.2, -0.15) is 0 Å². The fourth-order valence-electron chi connectivity index (χ4n) is 1.96. The Labute approximate surface area is 124 Å². The smallest absolute Gasteiger partial charge is 0.225 e. The maximum Gasteiger partial charge on any atom is 0.225 e. The molecule has 0 saturated heterocycles. The third-order valence-electron chi connectivity index (χ3n) is 3.12. The van der Waals surface area contributed by atoms with Gasteiger partial charge in [-0.25, -0.2) is 0 Å². The summed E-state index contributed by atoms with van der Waals surface area (Å²) in [6, 6.07) is 11.1. The number of rotatable bonds is 6. The van der Waals surface area contributed by atoms with E-state index in [9.17, 15) is 4.79 Å². The number of carbonyl (C=O) groups excluding carboxylic acids is 1. The van der Waals surface area contributed by atoms with Crippen LogP contribution in [0.1, 0.15) is 12.0 Å². The van der Waals surface area contributed by atoms with E-state index in [1.165, 1.54) is 5.56 Å². The minimum atomic E-state index is 0.00125. The summed E-state index contributed by atoms with van der Waals surface area (Å²) in [5, 5.41) is 2.86. The number of aromatic nitrogens is 1. The van der Waals surface area contributed by atoms with Crippen molar-refractivity contribution < 1.29 is 4.79 Å². The fraction of sp³-hybridized carbons (Fsp3) is 0.250. The summed E-state index contributed by atoms with van der Waals surface area (Å²) in [7, 11) is 2.00. The number of nitrogens with zero attached hydrogens (tertiary/aromatic N) is 2. The first-order valence-electron chi connectivity index (χ1n) is 6.86. The van der Waals surface area contributed by atoms with Crippen LogP contribution in [0.3, 0.4) is 0 Å². The molecule has 3 N–H and O–H groups in total. The van der Waals surface area contributed by atoms with Gasteiger partial charge in [0.2, 0.25) is 5.91 Å². The van der Waals surface area contributed by atoms with Crippen molar-refractivity contribution in [2.45, 2.75) is 13.0 Å². The molecule has 1 aromatic carbocycles. The van der Waals surface area contributed by atoms with Crippen molar-refractivity contribution in [3.05, 3.63) is 54.4 Å². The van der Waals surface area contributed by atoms with Crippen molar-refractivity contribution in [3.8, 4) is 0 Å². The minimum Gasteiger partial charge on any atom is -0.399 e. The van der Waals surface area contributed by atoms with Crippen molar-refractivity contribution in [1.29, 1.82) is 0 Å². The topological polar surface area (TPSA) is 71.2 Å². The van der Waals surface area contributed by atoms with E-state index in [4.69, 9.17) is 5.73 Å². The Morgan fingerprint density at radius 3 is 2.52 bits per heavy atom. The van der Waals surface area contributed by atoms with Gasteiger partial charge in [-0.3, -0.25) is 9.78 Å². The van der Waals surface area contributed by atoms with E-state index >= 15 is 0 Å². The molecule has 0 bridgehead atoms. The predicted molar refractivity (Wildman–Crippen MR) is 84.7 cm³/mol. The van der Waals surface area contributed by atoms with Gasteiger partial charge in [0.05, 0.1) is 0 Å². The summed E-state index contributed by atoms with van der Waals surface area (Å²) >= 11 is 0. The van der Waals surface area contributed by atoms with E-state index in [1.54, 1.807) is 36.7 Å². The number of hydrogen-bond donors (Lipinski definition) is 2. The molecule has 1 aromatic heterocycles. The predicted octanol–water partition coefficient (Wildman–Crippen LogP) is 2.12. The van der Waals surface area contributed by atoms with Gasteiger partial charge in [0.25, 0.3) is 0 Å². The SMILES string of the molecule is CN(CCC(=O)Nc1ccc(N)cc1)Cc1ccncc1. The molecule has 2 rings (SSSR count). The zero-order valence-electron chi connectivity index (χ0n) is 12.1. The molecule has 2 aromatic rings. The molecular weight excluding hydrogens is 264 g/mol. The van der Waals surface area contributed by atoms with E-state index in [1.807, 2.05) is 19.2 Å². The van der Waals surface area contributed by atoms with E-state index in [2.05, 4.69) is 15.2 Å². The summed E-state index contributed by atoms with van der Waals surface area (Å²) in [4.78, 5) is 18.0. The summed E-state index contributed by atoms with van der Waals surface area (Å²) < 4.78 is 0. The molecule has 0 aliphatic heterocycles. The lowest BCUT2D eigenvalue weighted by molar-refractivity contribution is -0.116. The highest BCUT2D eigenvalue weighted by atomic mass is 16.1. The summed E-state index contributed by atoms with van der Waals surface area (Å²) in [5.41, 5.74) is 8.25. The second kappa shape index (κ2) is 7.40. The maximum absolute atomic E-state index is 11.9. The number of nitrogens with one attached hydrogen (secondary N) is 1. The van der Waals surface area contributed by atoms with Crippen LogP contribution in [0, 0.1) is 0 Å². The van der Waals surface area contributed by atoms with Crippen molar-refractivity contribution >= 4 is 17.3 Å². The first-order chi connectivity index (χ1) is 10.1. The molecule has 0 aliphatic rings. The number of nitrogens with two attached hydrogens (primary N) is 1. The van der Waals surface area contributed by atoms with Gasteiger partial charge in [-0.05, 0) is 49.0 Å². The largest absolute Gasteiger partial charge is 0.399 e. The molecule has 0 unspecified atom stereocenters. The Morgan fingerprint density at radius 2 is 1.86 bits per heavy atom. The van der Waals surface area contributed by atoms with Gasteiger partial charge in [0, 0.05) is 43.3 Å². The third kappa shape index (κ3) is 5.24. The van der Waals surface area contributed by atoms with E-state index in [0.29, 0.717) is 18.7 Å². The minimum absolute atomic E-state index is 0.00125. The lowest BCUT2D eigenvalue weighted by atomic mass is 10.2. The van der Waals surface area contributed by atoms with Crippen molar-refractivity contribution in [2.24, 2.45) is 0 Å². The lowest BCUT2D eigenvalue weighted by Crippen LogP contribution is -2.24. The zero-order valence-corrected chi connectivity index (χ0v) is 12.1. The van der Waals surface area contributed by atoms with Crippen LogP contribution in [-0.4, -0.2) is 29.4 Å². The second-order valence-corrected chi connectivity index (χ2v) is 5.01. The number of pyridine rings is 1. The van der Waals surface area contributed by atoms with E-state index in [-0.39, 0.29) is 5.91 Å².